The number of rotatable bonds is 8. The average molecular weight is 744 g/mol. The number of carbonyl (C=O) groups is 2. The summed E-state index contributed by atoms with van der Waals surface area (Å²) < 4.78 is 83.6. The van der Waals surface area contributed by atoms with Gasteiger partial charge in [0.1, 0.15) is 6.17 Å². The maximum atomic E-state index is 15.2. The highest BCUT2D eigenvalue weighted by Crippen LogP contribution is 2.34. The molecule has 3 aliphatic heterocycles. The van der Waals surface area contributed by atoms with Crippen LogP contribution in [0.5, 0.6) is 0 Å². The van der Waals surface area contributed by atoms with Gasteiger partial charge >= 0.3 is 12.2 Å². The Morgan fingerprint density at radius 2 is 1.73 bits per heavy atom. The van der Waals surface area contributed by atoms with Crippen molar-refractivity contribution in [3.05, 3.63) is 71.5 Å². The first-order valence-electron chi connectivity index (χ1n) is 17.0. The van der Waals surface area contributed by atoms with Gasteiger partial charge in [-0.3, -0.25) is 24.6 Å². The van der Waals surface area contributed by atoms with Gasteiger partial charge in [-0.25, -0.2) is 27.6 Å². The summed E-state index contributed by atoms with van der Waals surface area (Å²) >= 11 is 0. The van der Waals surface area contributed by atoms with Crippen LogP contribution in [0.15, 0.2) is 59.8 Å². The number of fused-ring (bicyclic) bond motifs is 1. The molecule has 0 radical (unpaired) electrons. The highest BCUT2D eigenvalue weighted by molar-refractivity contribution is 7.89. The van der Waals surface area contributed by atoms with E-state index in [-0.39, 0.29) is 42.7 Å². The summed E-state index contributed by atoms with van der Waals surface area (Å²) in [5.41, 5.74) is 1.86. The van der Waals surface area contributed by atoms with Gasteiger partial charge in [-0.05, 0) is 73.7 Å². The number of benzene rings is 2. The number of hydrogen-bond acceptors (Lipinski definition) is 9. The third-order valence-corrected chi connectivity index (χ3v) is 11.8. The van der Waals surface area contributed by atoms with Crippen LogP contribution in [0.1, 0.15) is 48.3 Å². The molecule has 18 heteroatoms. The zero-order chi connectivity index (χ0) is 36.8. The van der Waals surface area contributed by atoms with E-state index in [2.05, 4.69) is 42.7 Å². The minimum absolute atomic E-state index is 0.0132. The Bertz CT molecular complexity index is 2090. The van der Waals surface area contributed by atoms with Gasteiger partial charge in [-0.15, -0.1) is 0 Å². The van der Waals surface area contributed by atoms with E-state index < -0.39 is 46.6 Å². The molecule has 3 aliphatic rings. The van der Waals surface area contributed by atoms with E-state index >= 15 is 4.39 Å². The van der Waals surface area contributed by atoms with Crippen LogP contribution < -0.4 is 15.5 Å². The molecule has 3 amide bonds. The van der Waals surface area contributed by atoms with Crippen LogP contribution >= 0.6 is 0 Å². The first-order valence-corrected chi connectivity index (χ1v) is 18.4. The van der Waals surface area contributed by atoms with Crippen molar-refractivity contribution in [1.82, 2.24) is 34.3 Å². The molecule has 4 aromatic rings. The Labute approximate surface area is 297 Å². The Kier molecular flexibility index (Phi) is 9.64. The van der Waals surface area contributed by atoms with Crippen LogP contribution in [0.2, 0.25) is 0 Å². The molecular formula is C34H37F4N9O4S. The summed E-state index contributed by atoms with van der Waals surface area (Å²) in [5, 5.41) is 10.5. The van der Waals surface area contributed by atoms with Gasteiger partial charge in [0, 0.05) is 57.4 Å². The highest BCUT2D eigenvalue weighted by atomic mass is 32.2. The molecule has 3 saturated heterocycles. The number of nitrogens with zero attached hydrogens (tertiary/aromatic N) is 7. The molecule has 52 heavy (non-hydrogen) atoms. The Morgan fingerprint density at radius 3 is 2.42 bits per heavy atom. The lowest BCUT2D eigenvalue weighted by atomic mass is 9.89. The molecule has 276 valence electrons. The van der Waals surface area contributed by atoms with Gasteiger partial charge in [0.05, 0.1) is 22.0 Å². The van der Waals surface area contributed by atoms with Crippen molar-refractivity contribution >= 4 is 44.6 Å². The Morgan fingerprint density at radius 1 is 0.981 bits per heavy atom. The zero-order valence-electron chi connectivity index (χ0n) is 28.2. The van der Waals surface area contributed by atoms with Crippen molar-refractivity contribution in [3.8, 4) is 0 Å². The van der Waals surface area contributed by atoms with Gasteiger partial charge in [-0.1, -0.05) is 18.2 Å². The Hall–Kier alpha value is -4.68. The van der Waals surface area contributed by atoms with Crippen molar-refractivity contribution in [1.29, 1.82) is 0 Å². The molecule has 2 atom stereocenters. The summed E-state index contributed by atoms with van der Waals surface area (Å²) in [6.45, 7) is 2.01. The third-order valence-electron chi connectivity index (χ3n) is 9.96. The summed E-state index contributed by atoms with van der Waals surface area (Å²) in [7, 11) is -2.18. The number of anilines is 2. The molecular weight excluding hydrogens is 706 g/mol. The molecule has 2 N–H and O–H groups in total. The first-order chi connectivity index (χ1) is 24.8. The summed E-state index contributed by atoms with van der Waals surface area (Å²) in [6.07, 6.45) is -2.93. The van der Waals surface area contributed by atoms with Crippen molar-refractivity contribution < 1.29 is 35.6 Å². The van der Waals surface area contributed by atoms with Gasteiger partial charge in [0.2, 0.25) is 21.9 Å². The zero-order valence-corrected chi connectivity index (χ0v) is 29.0. The smallest absolute Gasteiger partial charge is 0.348 e. The fourth-order valence-corrected chi connectivity index (χ4v) is 8.62. The number of hydrogen-bond donors (Lipinski definition) is 2. The summed E-state index contributed by atoms with van der Waals surface area (Å²) in [4.78, 5) is 35.2. The molecule has 0 bridgehead atoms. The minimum atomic E-state index is -4.60. The number of amides is 3. The standard InChI is InChI=1S/C34H37F4N9O4S/c1-44-29-16-23(5-6-26(29)31(43-44)47-14-10-30(48)42-33(47)49)22-7-11-45(12-8-22)19-21-3-2-4-25(15-21)52(50,51)46-13-9-28(27(35)20-46)41-32-39-17-24(18-40-32)34(36,37)38/h2-6,15-18,22,27-28H,7-14,19-20H2,1H3,(H,39,40,41)(H,42,48,49)/t27-,28+/m1/s1. The molecule has 5 heterocycles. The number of sulfonamides is 1. The van der Waals surface area contributed by atoms with E-state index in [0.29, 0.717) is 30.7 Å². The lowest BCUT2D eigenvalue weighted by Crippen LogP contribution is -2.50. The first kappa shape index (κ1) is 35.7. The van der Waals surface area contributed by atoms with Crippen molar-refractivity contribution in [2.45, 2.75) is 61.4 Å². The van der Waals surface area contributed by atoms with Crippen LogP contribution in [0.3, 0.4) is 0 Å². The molecule has 3 fully saturated rings. The van der Waals surface area contributed by atoms with Gasteiger partial charge in [-0.2, -0.15) is 22.6 Å². The predicted molar refractivity (Wildman–Crippen MR) is 183 cm³/mol. The number of alkyl halides is 4. The van der Waals surface area contributed by atoms with E-state index in [1.165, 1.54) is 16.5 Å². The molecule has 13 nitrogen and oxygen atoms in total. The number of imide groups is 1. The number of carbonyl (C=O) groups excluding carboxylic acids is 2. The molecule has 0 spiro atoms. The summed E-state index contributed by atoms with van der Waals surface area (Å²) in [5.74, 6) is 0.359. The predicted octanol–water partition coefficient (Wildman–Crippen LogP) is 4.42. The summed E-state index contributed by atoms with van der Waals surface area (Å²) in [6, 6.07) is 11.5. The molecule has 0 saturated carbocycles. The van der Waals surface area contributed by atoms with E-state index in [9.17, 15) is 31.2 Å². The van der Waals surface area contributed by atoms with Crippen LogP contribution in [-0.2, 0) is 34.6 Å². The lowest BCUT2D eigenvalue weighted by molar-refractivity contribution is -0.138. The highest BCUT2D eigenvalue weighted by Gasteiger charge is 2.37. The molecule has 7 rings (SSSR count). The van der Waals surface area contributed by atoms with E-state index in [1.54, 1.807) is 16.8 Å². The largest absolute Gasteiger partial charge is 0.419 e. The molecule has 0 aliphatic carbocycles. The van der Waals surface area contributed by atoms with Crippen LogP contribution in [0.25, 0.3) is 10.9 Å². The second kappa shape index (κ2) is 14.0. The maximum Gasteiger partial charge on any atom is 0.419 e. The number of aryl methyl sites for hydroxylation is 1. The SMILES string of the molecule is Cn1nc(N2CCC(=O)NC2=O)c2ccc(C3CCN(Cc4cccc(S(=O)(=O)N5CC[C@H](Nc6ncc(C(F)(F)F)cn6)[C@H](F)C5)c4)CC3)cc21. The van der Waals surface area contributed by atoms with Crippen molar-refractivity contribution in [2.24, 2.45) is 7.05 Å². The van der Waals surface area contributed by atoms with Gasteiger partial charge < -0.3 is 5.32 Å². The monoisotopic (exact) mass is 743 g/mol. The van der Waals surface area contributed by atoms with Gasteiger partial charge in [0.25, 0.3) is 0 Å². The van der Waals surface area contributed by atoms with Crippen LogP contribution in [0.4, 0.5) is 34.1 Å². The topological polar surface area (TPSA) is 146 Å². The lowest BCUT2D eigenvalue weighted by Gasteiger charge is -2.34. The Balaban J connectivity index is 0.944. The number of halogens is 4. The number of nitrogens with one attached hydrogen (secondary N) is 2. The van der Waals surface area contributed by atoms with E-state index in [4.69, 9.17) is 0 Å². The van der Waals surface area contributed by atoms with Crippen molar-refractivity contribution in [2.75, 3.05) is 42.9 Å². The molecule has 2 aromatic carbocycles. The number of piperidine rings is 2. The number of aromatic nitrogens is 4. The number of likely N-dealkylation sites (tertiary alicyclic amines) is 1. The molecule has 2 aromatic heterocycles. The normalized spacial score (nSPS) is 21.4. The van der Waals surface area contributed by atoms with E-state index in [0.717, 1.165) is 46.7 Å². The fourth-order valence-electron chi connectivity index (χ4n) is 7.08. The van der Waals surface area contributed by atoms with E-state index in [1.807, 2.05) is 19.2 Å². The second-order valence-corrected chi connectivity index (χ2v) is 15.3. The van der Waals surface area contributed by atoms with Crippen LogP contribution in [-0.4, -0.2) is 94.2 Å². The second-order valence-electron chi connectivity index (χ2n) is 13.4. The minimum Gasteiger partial charge on any atom is -0.348 e. The molecule has 0 unspecified atom stereocenters. The van der Waals surface area contributed by atoms with Crippen LogP contribution in [0, 0.1) is 0 Å². The third kappa shape index (κ3) is 7.31. The van der Waals surface area contributed by atoms with Crippen molar-refractivity contribution in [3.63, 3.8) is 0 Å². The van der Waals surface area contributed by atoms with Gasteiger partial charge in [0.15, 0.2) is 5.82 Å². The quantitative estimate of drug-likeness (QED) is 0.251. The maximum absolute atomic E-state index is 15.2. The fraction of sp³-hybridized carbons (Fsp3) is 0.441. The average Bonchev–Trinajstić information content (AvgIpc) is 3.44. The number of urea groups is 1.